The van der Waals surface area contributed by atoms with Gasteiger partial charge in [0.2, 0.25) is 0 Å². The van der Waals surface area contributed by atoms with Crippen molar-refractivity contribution in [2.24, 2.45) is 5.14 Å². The summed E-state index contributed by atoms with van der Waals surface area (Å²) in [6.07, 6.45) is 5.14. The Morgan fingerprint density at radius 3 is 2.62 bits per heavy atom. The maximum atomic E-state index is 9.75. The summed E-state index contributed by atoms with van der Waals surface area (Å²) in [5.41, 5.74) is 0.494. The summed E-state index contributed by atoms with van der Waals surface area (Å²) in [6.45, 7) is 3.68. The zero-order valence-electron chi connectivity index (χ0n) is 8.42. The third kappa shape index (κ3) is 2.93. The normalized spacial score (nSPS) is 26.8. The molecule has 1 aliphatic rings. The first kappa shape index (κ1) is 11.0. The van der Waals surface area contributed by atoms with E-state index in [2.05, 4.69) is 11.9 Å². The fourth-order valence-electron chi connectivity index (χ4n) is 1.64. The van der Waals surface area contributed by atoms with Crippen molar-refractivity contribution in [2.75, 3.05) is 0 Å². The average Bonchev–Trinajstić information content (AvgIpc) is 2.03. The molecule has 76 valence electrons. The minimum atomic E-state index is -0.653. The highest BCUT2D eigenvalue weighted by atomic mass is 32.2. The lowest BCUT2D eigenvalue weighted by Gasteiger charge is -2.28. The fourth-order valence-corrected chi connectivity index (χ4v) is 2.40. The van der Waals surface area contributed by atoms with Gasteiger partial charge in [0.1, 0.15) is 0 Å². The minimum absolute atomic E-state index is 0.220. The van der Waals surface area contributed by atoms with Crippen molar-refractivity contribution in [3.63, 3.8) is 0 Å². The Morgan fingerprint density at radius 1 is 1.69 bits per heavy atom. The molecule has 0 fully saturated rings. The van der Waals surface area contributed by atoms with Gasteiger partial charge in [0.15, 0.2) is 0 Å². The van der Waals surface area contributed by atoms with Crippen LogP contribution in [0.3, 0.4) is 0 Å². The first-order valence-corrected chi connectivity index (χ1v) is 6.12. The van der Waals surface area contributed by atoms with Gasteiger partial charge in [-0.1, -0.05) is 11.9 Å². The molecule has 0 heterocycles. The Bertz CT molecular complexity index is 240. The highest BCUT2D eigenvalue weighted by Crippen LogP contribution is 2.32. The van der Waals surface area contributed by atoms with Crippen LogP contribution in [0, 0.1) is 0 Å². The molecule has 0 saturated heterocycles. The van der Waals surface area contributed by atoms with Crippen LogP contribution in [0.15, 0.2) is 11.6 Å². The molecule has 2 unspecified atom stereocenters. The van der Waals surface area contributed by atoms with Crippen molar-refractivity contribution in [3.05, 3.63) is 11.6 Å². The van der Waals surface area contributed by atoms with Crippen LogP contribution in [0.2, 0.25) is 0 Å². The molecule has 0 spiro atoms. The van der Waals surface area contributed by atoms with E-state index in [4.69, 9.17) is 5.14 Å². The Labute approximate surface area is 82.9 Å². The second-order valence-electron chi connectivity index (χ2n) is 4.15. The molecular formula is C10H19NOS. The van der Waals surface area contributed by atoms with Gasteiger partial charge in [-0.15, -0.1) is 10.7 Å². The molecule has 0 aliphatic heterocycles. The van der Waals surface area contributed by atoms with Gasteiger partial charge in [0, 0.05) is 5.25 Å². The fraction of sp³-hybridized carbons (Fsp3) is 0.700. The highest BCUT2D eigenvalue weighted by molar-refractivity contribution is 8.12. The quantitative estimate of drug-likeness (QED) is 0.529. The first-order chi connectivity index (χ1) is 5.91. The van der Waals surface area contributed by atoms with Crippen LogP contribution < -0.4 is 5.14 Å². The zero-order valence-corrected chi connectivity index (χ0v) is 9.23. The van der Waals surface area contributed by atoms with E-state index in [9.17, 15) is 5.11 Å². The van der Waals surface area contributed by atoms with Crippen LogP contribution in [0.4, 0.5) is 0 Å². The van der Waals surface area contributed by atoms with Crippen LogP contribution in [-0.4, -0.2) is 21.8 Å². The number of aliphatic hydroxyl groups is 1. The Morgan fingerprint density at radius 2 is 2.31 bits per heavy atom. The second kappa shape index (κ2) is 3.95. The smallest absolute Gasteiger partial charge is 0.0800 e. The number of nitrogens with two attached hydrogens (primary N) is 1. The third-order valence-electron chi connectivity index (χ3n) is 2.58. The molecule has 0 aromatic carbocycles. The van der Waals surface area contributed by atoms with Crippen molar-refractivity contribution in [1.82, 2.24) is 0 Å². The predicted octanol–water partition coefficient (Wildman–Crippen LogP) is 1.81. The summed E-state index contributed by atoms with van der Waals surface area (Å²) in [7, 11) is -0.220. The molecule has 0 amide bonds. The van der Waals surface area contributed by atoms with Gasteiger partial charge in [-0.25, -0.2) is 0 Å². The summed E-state index contributed by atoms with van der Waals surface area (Å²) >= 11 is 0. The van der Waals surface area contributed by atoms with Crippen molar-refractivity contribution < 1.29 is 5.11 Å². The van der Waals surface area contributed by atoms with E-state index in [1.807, 2.05) is 13.8 Å². The highest BCUT2D eigenvalue weighted by Gasteiger charge is 2.24. The van der Waals surface area contributed by atoms with Crippen LogP contribution in [0.5, 0.6) is 0 Å². The summed E-state index contributed by atoms with van der Waals surface area (Å²) in [5.74, 6) is 3.86. The number of hydrogen-bond donors (Lipinski definition) is 2. The van der Waals surface area contributed by atoms with E-state index < -0.39 is 5.60 Å². The van der Waals surface area contributed by atoms with Crippen molar-refractivity contribution >= 4 is 16.5 Å². The molecule has 1 aliphatic carbocycles. The van der Waals surface area contributed by atoms with Crippen molar-refractivity contribution in [2.45, 2.75) is 44.0 Å². The zero-order chi connectivity index (χ0) is 10.1. The number of hydrogen-bond acceptors (Lipinski definition) is 2. The van der Waals surface area contributed by atoms with Gasteiger partial charge in [-0.05, 0) is 38.7 Å². The maximum Gasteiger partial charge on any atom is 0.0800 e. The van der Waals surface area contributed by atoms with E-state index in [1.165, 1.54) is 0 Å². The largest absolute Gasteiger partial charge is 0.386 e. The molecule has 2 atom stereocenters. The lowest BCUT2D eigenvalue weighted by Crippen LogP contribution is -2.26. The van der Waals surface area contributed by atoms with Gasteiger partial charge in [0.05, 0.1) is 5.60 Å². The van der Waals surface area contributed by atoms with Crippen LogP contribution in [-0.2, 0) is 0 Å². The van der Waals surface area contributed by atoms with E-state index >= 15 is 0 Å². The minimum Gasteiger partial charge on any atom is -0.386 e. The molecular weight excluding hydrogens is 182 g/mol. The second-order valence-corrected chi connectivity index (χ2v) is 5.76. The molecule has 13 heavy (non-hydrogen) atoms. The van der Waals surface area contributed by atoms with E-state index in [-0.39, 0.29) is 10.7 Å². The molecule has 0 aromatic heterocycles. The molecule has 0 aromatic rings. The van der Waals surface area contributed by atoms with E-state index in [0.717, 1.165) is 24.8 Å². The van der Waals surface area contributed by atoms with E-state index in [0.29, 0.717) is 5.25 Å². The number of allylic oxidation sites excluding steroid dienone is 1. The lowest BCUT2D eigenvalue weighted by atomic mass is 9.88. The van der Waals surface area contributed by atoms with Gasteiger partial charge in [-0.3, -0.25) is 5.14 Å². The molecule has 1 rings (SSSR count). The summed E-state index contributed by atoms with van der Waals surface area (Å²) in [5, 5.41) is 16.0. The standard InChI is InChI=1S/C10H19NOS/c1-10(2,12)8-4-6-9(7-5-8)13(3)11/h4,9,12H,3,5-7,11H2,1-2H3. The van der Waals surface area contributed by atoms with Crippen molar-refractivity contribution in [3.8, 4) is 0 Å². The van der Waals surface area contributed by atoms with Gasteiger partial charge >= 0.3 is 0 Å². The first-order valence-electron chi connectivity index (χ1n) is 4.60. The molecule has 3 heteroatoms. The van der Waals surface area contributed by atoms with Crippen molar-refractivity contribution in [1.29, 1.82) is 0 Å². The Kier molecular flexibility index (Phi) is 3.33. The number of rotatable bonds is 2. The SMILES string of the molecule is C=S(N)C1CC=C(C(C)(C)O)CC1. The van der Waals surface area contributed by atoms with Crippen LogP contribution >= 0.6 is 10.7 Å². The predicted molar refractivity (Wildman–Crippen MR) is 60.9 cm³/mol. The molecule has 0 bridgehead atoms. The molecule has 3 N–H and O–H groups in total. The Balaban J connectivity index is 2.63. The average molecular weight is 201 g/mol. The molecule has 0 radical (unpaired) electrons. The summed E-state index contributed by atoms with van der Waals surface area (Å²) < 4.78 is 0. The van der Waals surface area contributed by atoms with Gasteiger partial charge < -0.3 is 5.11 Å². The third-order valence-corrected chi connectivity index (χ3v) is 3.86. The molecule has 0 saturated carbocycles. The topological polar surface area (TPSA) is 46.2 Å². The van der Waals surface area contributed by atoms with Gasteiger partial charge in [0.25, 0.3) is 0 Å². The van der Waals surface area contributed by atoms with E-state index in [1.54, 1.807) is 0 Å². The monoisotopic (exact) mass is 201 g/mol. The Hall–Kier alpha value is -0.120. The van der Waals surface area contributed by atoms with Crippen LogP contribution in [0.1, 0.15) is 33.1 Å². The summed E-state index contributed by atoms with van der Waals surface area (Å²) in [6, 6.07) is 0. The van der Waals surface area contributed by atoms with Crippen LogP contribution in [0.25, 0.3) is 0 Å². The molecule has 2 nitrogen and oxygen atoms in total. The lowest BCUT2D eigenvalue weighted by molar-refractivity contribution is 0.114. The maximum absolute atomic E-state index is 9.75. The van der Waals surface area contributed by atoms with Gasteiger partial charge in [-0.2, -0.15) is 0 Å². The summed E-state index contributed by atoms with van der Waals surface area (Å²) in [4.78, 5) is 0.